The largest absolute Gasteiger partial charge is 0.478 e. The molecule has 5 fully saturated rings. The fourth-order valence-electron chi connectivity index (χ4n) is 14.6. The molecule has 1 N–H and O–H groups in total. The van der Waals surface area contributed by atoms with E-state index in [1.807, 2.05) is 12.1 Å². The van der Waals surface area contributed by atoms with Gasteiger partial charge in [-0.3, -0.25) is 4.21 Å². The molecule has 6 aliphatic rings. The zero-order valence-electron chi connectivity index (χ0n) is 33.0. The van der Waals surface area contributed by atoms with E-state index in [1.165, 1.54) is 93.8 Å². The van der Waals surface area contributed by atoms with Crippen molar-refractivity contribution in [2.75, 3.05) is 31.1 Å². The molecule has 0 aromatic heterocycles. The minimum Gasteiger partial charge on any atom is -0.478 e. The van der Waals surface area contributed by atoms with Crippen LogP contribution in [0.4, 0.5) is 0 Å². The van der Waals surface area contributed by atoms with Crippen LogP contribution in [0.1, 0.15) is 141 Å². The summed E-state index contributed by atoms with van der Waals surface area (Å²) in [6.07, 6.45) is 19.9. The molecule has 0 unspecified atom stereocenters. The van der Waals surface area contributed by atoms with Crippen molar-refractivity contribution in [2.45, 2.75) is 125 Å². The highest BCUT2D eigenvalue weighted by molar-refractivity contribution is 8.00. The van der Waals surface area contributed by atoms with E-state index >= 15 is 0 Å². The Morgan fingerprint density at radius 2 is 1.59 bits per heavy atom. The molecule has 4 nitrogen and oxygen atoms in total. The molecule has 1 aromatic rings. The molecule has 1 aromatic carbocycles. The van der Waals surface area contributed by atoms with Crippen molar-refractivity contribution in [1.29, 1.82) is 0 Å². The first-order valence-electron chi connectivity index (χ1n) is 20.7. The number of carboxylic acid groups (broad SMARTS) is 1. The Bertz CT molecular complexity index is 1640. The number of carbonyl (C=O) groups is 1. The number of unbranched alkanes of at least 4 members (excludes halogenated alkanes) is 2. The molecule has 5 aliphatic carbocycles. The second kappa shape index (κ2) is 13.2. The number of fused-ring (bicyclic) bond motifs is 7. The van der Waals surface area contributed by atoms with E-state index < -0.39 is 15.5 Å². The second-order valence-corrected chi connectivity index (χ2v) is 22.7. The van der Waals surface area contributed by atoms with Gasteiger partial charge < -0.3 is 10.0 Å². The molecule has 4 saturated carbocycles. The molecule has 7 rings (SSSR count). The SMILES string of the molecule is C=C(C)[C@@H]1CC[C@]2(CCCCCN3CCS(=C)(=O)CC3)CC[C@]3(C)[C@H](CC[C@@H]4[C@@]5(C)CC=C(c6ccc(C(=O)O)cc6)C(C)(C)[C@@H]5CC[C@]43C)[C@@H]12. The molecular formula is C46H69NO3S. The lowest BCUT2D eigenvalue weighted by atomic mass is 9.32. The quantitative estimate of drug-likeness (QED) is 0.157. The topological polar surface area (TPSA) is 57.6 Å². The van der Waals surface area contributed by atoms with E-state index in [4.69, 9.17) is 0 Å². The smallest absolute Gasteiger partial charge is 0.335 e. The summed E-state index contributed by atoms with van der Waals surface area (Å²) < 4.78 is 12.3. The summed E-state index contributed by atoms with van der Waals surface area (Å²) in [5.41, 5.74) is 5.93. The van der Waals surface area contributed by atoms with Gasteiger partial charge in [0.25, 0.3) is 0 Å². The third-order valence-electron chi connectivity index (χ3n) is 17.5. The van der Waals surface area contributed by atoms with Crippen molar-refractivity contribution >= 4 is 26.9 Å². The molecule has 9 atom stereocenters. The van der Waals surface area contributed by atoms with Crippen LogP contribution < -0.4 is 0 Å². The summed E-state index contributed by atoms with van der Waals surface area (Å²) in [7, 11) is -1.81. The highest BCUT2D eigenvalue weighted by Gasteiger charge is 2.70. The van der Waals surface area contributed by atoms with Crippen molar-refractivity contribution < 1.29 is 14.1 Å². The molecule has 5 heteroatoms. The zero-order valence-corrected chi connectivity index (χ0v) is 33.9. The molecule has 0 radical (unpaired) electrons. The van der Waals surface area contributed by atoms with Gasteiger partial charge >= 0.3 is 5.97 Å². The van der Waals surface area contributed by atoms with Crippen LogP contribution in [0.25, 0.3) is 5.57 Å². The normalized spacial score (nSPS) is 41.4. The van der Waals surface area contributed by atoms with E-state index in [1.54, 1.807) is 12.1 Å². The van der Waals surface area contributed by atoms with Gasteiger partial charge in [0.1, 0.15) is 0 Å². The van der Waals surface area contributed by atoms with Crippen LogP contribution in [0.5, 0.6) is 0 Å². The maximum Gasteiger partial charge on any atom is 0.335 e. The first kappa shape index (κ1) is 37.5. The zero-order chi connectivity index (χ0) is 36.6. The van der Waals surface area contributed by atoms with Crippen LogP contribution >= 0.6 is 0 Å². The number of carboxylic acids is 1. The summed E-state index contributed by atoms with van der Waals surface area (Å²) >= 11 is 0. The molecule has 0 bridgehead atoms. The summed E-state index contributed by atoms with van der Waals surface area (Å²) in [5, 5.41) is 9.50. The fourth-order valence-corrected chi connectivity index (χ4v) is 16.0. The van der Waals surface area contributed by atoms with Gasteiger partial charge in [0, 0.05) is 24.6 Å². The Kier molecular flexibility index (Phi) is 9.68. The van der Waals surface area contributed by atoms with Gasteiger partial charge in [-0.15, -0.1) is 0 Å². The number of benzene rings is 1. The predicted molar refractivity (Wildman–Crippen MR) is 216 cm³/mol. The van der Waals surface area contributed by atoms with Crippen LogP contribution in [0.3, 0.4) is 0 Å². The van der Waals surface area contributed by atoms with Gasteiger partial charge in [-0.1, -0.05) is 77.8 Å². The Morgan fingerprint density at radius 1 is 0.882 bits per heavy atom. The number of rotatable bonds is 9. The fraction of sp³-hybridized carbons (Fsp3) is 0.739. The lowest BCUT2D eigenvalue weighted by molar-refractivity contribution is -0.226. The lowest BCUT2D eigenvalue weighted by Gasteiger charge is -2.72. The maximum atomic E-state index is 12.3. The first-order valence-corrected chi connectivity index (χ1v) is 22.8. The van der Waals surface area contributed by atoms with Gasteiger partial charge in [-0.2, -0.15) is 0 Å². The molecule has 0 amide bonds. The standard InChI is InChI=1S/C46H69NO3S/c1-32(2)35-18-24-46(21-10-9-11-27-47-28-30-51(8,50)31-29-47)26-25-44(6)37(40(35)46)16-17-39-43(5)22-19-36(33-12-14-34(15-13-33)41(48)49)42(3,4)38(43)20-23-45(39,44)7/h12-15,19,35,37-40H,1,8-11,16-18,20-31H2,2-7H3,(H,48,49)/t35-,37+,38-,39+,40+,43-,44+,45+,46+/m0/s1. The molecule has 1 saturated heterocycles. The van der Waals surface area contributed by atoms with Crippen LogP contribution in [-0.4, -0.2) is 57.2 Å². The summed E-state index contributed by atoms with van der Waals surface area (Å²) in [4.78, 5) is 14.1. The van der Waals surface area contributed by atoms with E-state index in [-0.39, 0.29) is 10.8 Å². The van der Waals surface area contributed by atoms with Crippen LogP contribution in [0, 0.1) is 56.7 Å². The van der Waals surface area contributed by atoms with Crippen LogP contribution in [0.2, 0.25) is 0 Å². The van der Waals surface area contributed by atoms with Crippen molar-refractivity contribution in [3.63, 3.8) is 0 Å². The van der Waals surface area contributed by atoms with Crippen molar-refractivity contribution in [3.05, 3.63) is 53.6 Å². The Balaban J connectivity index is 1.09. The van der Waals surface area contributed by atoms with Gasteiger partial charge in [0.2, 0.25) is 0 Å². The third-order valence-corrected chi connectivity index (χ3v) is 19.3. The molecule has 1 heterocycles. The Morgan fingerprint density at radius 3 is 2.25 bits per heavy atom. The number of nitrogens with zero attached hydrogens (tertiary/aromatic N) is 1. The maximum absolute atomic E-state index is 12.3. The van der Waals surface area contributed by atoms with Gasteiger partial charge in [0.15, 0.2) is 0 Å². The van der Waals surface area contributed by atoms with Gasteiger partial charge in [-0.05, 0) is 179 Å². The number of aromatic carboxylic acids is 1. The average Bonchev–Trinajstić information content (AvgIpc) is 3.45. The van der Waals surface area contributed by atoms with Crippen molar-refractivity contribution in [3.8, 4) is 0 Å². The van der Waals surface area contributed by atoms with Gasteiger partial charge in [0.05, 0.1) is 5.56 Å². The highest BCUT2D eigenvalue weighted by atomic mass is 32.2. The Hall–Kier alpha value is -1.85. The molecule has 282 valence electrons. The van der Waals surface area contributed by atoms with Crippen molar-refractivity contribution in [1.82, 2.24) is 4.90 Å². The minimum atomic E-state index is -1.81. The second-order valence-electron chi connectivity index (χ2n) is 20.0. The lowest BCUT2D eigenvalue weighted by Crippen LogP contribution is -2.65. The van der Waals surface area contributed by atoms with Crippen LogP contribution in [0.15, 0.2) is 42.5 Å². The van der Waals surface area contributed by atoms with Gasteiger partial charge in [-0.25, -0.2) is 4.79 Å². The van der Waals surface area contributed by atoms with E-state index in [0.29, 0.717) is 33.6 Å². The molecular weight excluding hydrogens is 647 g/mol. The monoisotopic (exact) mass is 715 g/mol. The predicted octanol–water partition coefficient (Wildman–Crippen LogP) is 10.6. The minimum absolute atomic E-state index is 0.0396. The van der Waals surface area contributed by atoms with Crippen LogP contribution in [-0.2, 0) is 9.52 Å². The molecule has 0 spiro atoms. The van der Waals surface area contributed by atoms with E-state index in [9.17, 15) is 14.1 Å². The summed E-state index contributed by atoms with van der Waals surface area (Å²) in [5.74, 6) is 8.25. The highest BCUT2D eigenvalue weighted by Crippen LogP contribution is 2.78. The number of hydrogen-bond donors (Lipinski definition) is 1. The first-order chi connectivity index (χ1) is 24.0. The molecule has 51 heavy (non-hydrogen) atoms. The third kappa shape index (κ3) is 6.05. The van der Waals surface area contributed by atoms with E-state index in [2.05, 4.69) is 65.0 Å². The molecule has 1 aliphatic heterocycles. The number of hydrogen-bond acceptors (Lipinski definition) is 3. The van der Waals surface area contributed by atoms with Crippen molar-refractivity contribution in [2.24, 2.45) is 56.7 Å². The Labute approximate surface area is 311 Å². The summed E-state index contributed by atoms with van der Waals surface area (Å²) in [6, 6.07) is 7.66. The summed E-state index contributed by atoms with van der Waals surface area (Å²) in [6.45, 7) is 23.3. The average molecular weight is 716 g/mol. The van der Waals surface area contributed by atoms with E-state index in [0.717, 1.165) is 55.3 Å². The number of allylic oxidation sites excluding steroid dienone is 3.